The smallest absolute Gasteiger partial charge is 0.350 e. The van der Waals surface area contributed by atoms with Crippen LogP contribution in [0.4, 0.5) is 5.69 Å². The van der Waals surface area contributed by atoms with Gasteiger partial charge in [0.25, 0.3) is 10.0 Å². The number of aromatic nitrogens is 4. The second-order valence-corrected chi connectivity index (χ2v) is 12.0. The lowest BCUT2D eigenvalue weighted by molar-refractivity contribution is 0.174. The average molecular weight is 593 g/mol. The van der Waals surface area contributed by atoms with Crippen LogP contribution in [0, 0.1) is 0 Å². The molecule has 0 fully saturated rings. The van der Waals surface area contributed by atoms with E-state index in [4.69, 9.17) is 0 Å². The van der Waals surface area contributed by atoms with Crippen molar-refractivity contribution >= 4 is 15.7 Å². The highest BCUT2D eigenvalue weighted by Crippen LogP contribution is 2.18. The minimum absolute atomic E-state index is 0.0891. The molecule has 10 nitrogen and oxygen atoms in total. The minimum atomic E-state index is -3.82. The number of sulfonamides is 1. The summed E-state index contributed by atoms with van der Waals surface area (Å²) in [5.74, 6) is 0. The Morgan fingerprint density at radius 2 is 1.69 bits per heavy atom. The lowest BCUT2D eigenvalue weighted by atomic mass is 10.1. The van der Waals surface area contributed by atoms with Crippen LogP contribution in [0.1, 0.15) is 62.7 Å². The fourth-order valence-corrected chi connectivity index (χ4v) is 5.67. The maximum Gasteiger partial charge on any atom is 0.350 e. The van der Waals surface area contributed by atoms with Crippen LogP contribution in [0.3, 0.4) is 0 Å². The molecule has 0 unspecified atom stereocenters. The molecule has 0 amide bonds. The van der Waals surface area contributed by atoms with Gasteiger partial charge in [0.15, 0.2) is 0 Å². The highest BCUT2D eigenvalue weighted by molar-refractivity contribution is 7.92. The molecule has 2 aromatic carbocycles. The summed E-state index contributed by atoms with van der Waals surface area (Å²) in [6.07, 6.45) is 11.8. The first-order chi connectivity index (χ1) is 20.4. The van der Waals surface area contributed by atoms with E-state index < -0.39 is 16.1 Å². The molecule has 0 saturated heterocycles. The van der Waals surface area contributed by atoms with E-state index in [0.717, 1.165) is 30.4 Å². The summed E-state index contributed by atoms with van der Waals surface area (Å²) in [6, 6.07) is 16.9. The molecule has 0 spiro atoms. The van der Waals surface area contributed by atoms with Crippen LogP contribution >= 0.6 is 0 Å². The van der Waals surface area contributed by atoms with E-state index in [2.05, 4.69) is 27.0 Å². The molecule has 2 aromatic heterocycles. The summed E-state index contributed by atoms with van der Waals surface area (Å²) in [5, 5.41) is 17.7. The van der Waals surface area contributed by atoms with Gasteiger partial charge in [-0.3, -0.25) is 14.3 Å². The zero-order valence-electron chi connectivity index (χ0n) is 24.0. The van der Waals surface area contributed by atoms with E-state index in [1.807, 2.05) is 18.2 Å². The summed E-state index contributed by atoms with van der Waals surface area (Å²) in [5.41, 5.74) is 2.52. The second-order valence-electron chi connectivity index (χ2n) is 10.3. The van der Waals surface area contributed by atoms with Gasteiger partial charge in [0.05, 0.1) is 16.7 Å². The topological polar surface area (TPSA) is 131 Å². The van der Waals surface area contributed by atoms with Crippen molar-refractivity contribution in [3.05, 3.63) is 101 Å². The van der Waals surface area contributed by atoms with E-state index in [1.54, 1.807) is 47.3 Å². The van der Waals surface area contributed by atoms with Crippen molar-refractivity contribution in [3.8, 4) is 5.69 Å². The number of benzene rings is 2. The standard InChI is InChI=1S/C31H40N6O4S/c1-2-3-4-5-6-7-21-36-24-34-37(31(36)39)28-14-16-29(17-15-28)42(40,41)35-27-12-10-25(11-13-27)18-20-33-23-30(38)26-9-8-19-32-22-26/h8-17,19,22,24,30,33,35,38H,2-7,18,20-21,23H2,1H3/t30-/m0/s1. The molecule has 4 rings (SSSR count). The SMILES string of the molecule is CCCCCCCCn1cnn(-c2ccc(S(=O)(=O)Nc3ccc(CCNC[C@H](O)c4cccnc4)cc3)cc2)c1=O. The monoisotopic (exact) mass is 592 g/mol. The molecule has 0 saturated carbocycles. The number of nitrogens with one attached hydrogen (secondary N) is 2. The Bertz CT molecular complexity index is 1540. The molecule has 2 heterocycles. The zero-order valence-corrected chi connectivity index (χ0v) is 24.8. The fourth-order valence-electron chi connectivity index (χ4n) is 4.61. The molecule has 0 bridgehead atoms. The van der Waals surface area contributed by atoms with Gasteiger partial charge in [0, 0.05) is 36.7 Å². The van der Waals surface area contributed by atoms with Gasteiger partial charge in [0.1, 0.15) is 6.33 Å². The van der Waals surface area contributed by atoms with E-state index >= 15 is 0 Å². The largest absolute Gasteiger partial charge is 0.387 e. The number of aryl methyl sites for hydroxylation is 1. The molecule has 3 N–H and O–H groups in total. The molecule has 11 heteroatoms. The summed E-state index contributed by atoms with van der Waals surface area (Å²) in [7, 11) is -3.82. The van der Waals surface area contributed by atoms with Crippen LogP contribution in [0.15, 0.2) is 89.1 Å². The Kier molecular flexibility index (Phi) is 11.4. The fraction of sp³-hybridized carbons (Fsp3) is 0.387. The summed E-state index contributed by atoms with van der Waals surface area (Å²) in [4.78, 5) is 16.9. The molecule has 0 aliphatic heterocycles. The number of nitrogens with zero attached hydrogens (tertiary/aromatic N) is 4. The normalized spacial score (nSPS) is 12.3. The summed E-state index contributed by atoms with van der Waals surface area (Å²) >= 11 is 0. The Hall–Kier alpha value is -3.80. The number of aliphatic hydroxyl groups excluding tert-OH is 1. The van der Waals surface area contributed by atoms with Crippen molar-refractivity contribution in [2.45, 2.75) is 69.4 Å². The van der Waals surface area contributed by atoms with Crippen molar-refractivity contribution in [1.82, 2.24) is 24.6 Å². The molecule has 224 valence electrons. The number of rotatable bonds is 17. The lowest BCUT2D eigenvalue weighted by Gasteiger charge is -2.12. The van der Waals surface area contributed by atoms with Gasteiger partial charge in [-0.25, -0.2) is 13.2 Å². The first kappa shape index (κ1) is 31.1. The molecule has 1 atom stereocenters. The quantitative estimate of drug-likeness (QED) is 0.154. The number of hydrogen-bond donors (Lipinski definition) is 3. The van der Waals surface area contributed by atoms with Crippen LogP contribution in [0.5, 0.6) is 0 Å². The predicted molar refractivity (Wildman–Crippen MR) is 164 cm³/mol. The van der Waals surface area contributed by atoms with Gasteiger partial charge < -0.3 is 10.4 Å². The van der Waals surface area contributed by atoms with Crippen molar-refractivity contribution in [1.29, 1.82) is 0 Å². The summed E-state index contributed by atoms with van der Waals surface area (Å²) < 4.78 is 31.4. The van der Waals surface area contributed by atoms with E-state index in [9.17, 15) is 18.3 Å². The van der Waals surface area contributed by atoms with Crippen molar-refractivity contribution in [2.24, 2.45) is 0 Å². The Morgan fingerprint density at radius 1 is 0.952 bits per heavy atom. The molecule has 4 aromatic rings. The lowest BCUT2D eigenvalue weighted by Crippen LogP contribution is -2.24. The van der Waals surface area contributed by atoms with Crippen LogP contribution in [0.25, 0.3) is 5.69 Å². The van der Waals surface area contributed by atoms with Crippen LogP contribution < -0.4 is 15.7 Å². The third-order valence-electron chi connectivity index (χ3n) is 7.08. The maximum atomic E-state index is 13.0. The third-order valence-corrected chi connectivity index (χ3v) is 8.48. The van der Waals surface area contributed by atoms with Gasteiger partial charge in [0.2, 0.25) is 0 Å². The first-order valence-electron chi connectivity index (χ1n) is 14.5. The molecule has 0 aliphatic carbocycles. The van der Waals surface area contributed by atoms with Crippen LogP contribution in [0.2, 0.25) is 0 Å². The number of unbranched alkanes of at least 4 members (excludes halogenated alkanes) is 5. The second kappa shape index (κ2) is 15.4. The van der Waals surface area contributed by atoms with Crippen molar-refractivity contribution < 1.29 is 13.5 Å². The average Bonchev–Trinajstić information content (AvgIpc) is 3.38. The number of pyridine rings is 1. The third kappa shape index (κ3) is 8.85. The van der Waals surface area contributed by atoms with Gasteiger partial charge in [-0.15, -0.1) is 0 Å². The maximum absolute atomic E-state index is 13.0. The highest BCUT2D eigenvalue weighted by atomic mass is 32.2. The number of anilines is 1. The first-order valence-corrected chi connectivity index (χ1v) is 16.0. The van der Waals surface area contributed by atoms with Crippen LogP contribution in [-0.4, -0.2) is 45.9 Å². The van der Waals surface area contributed by atoms with Gasteiger partial charge in [-0.2, -0.15) is 9.78 Å². The van der Waals surface area contributed by atoms with Crippen LogP contribution in [-0.2, 0) is 23.0 Å². The van der Waals surface area contributed by atoms with E-state index in [0.29, 0.717) is 31.0 Å². The highest BCUT2D eigenvalue weighted by Gasteiger charge is 2.15. The summed E-state index contributed by atoms with van der Waals surface area (Å²) in [6.45, 7) is 3.88. The van der Waals surface area contributed by atoms with Gasteiger partial charge in [-0.05, 0) is 67.4 Å². The van der Waals surface area contributed by atoms with Gasteiger partial charge >= 0.3 is 5.69 Å². The Labute approximate surface area is 247 Å². The molecule has 42 heavy (non-hydrogen) atoms. The predicted octanol–water partition coefficient (Wildman–Crippen LogP) is 4.46. The number of aliphatic hydroxyl groups is 1. The zero-order chi connectivity index (χ0) is 29.8. The molecule has 0 aliphatic rings. The van der Waals surface area contributed by atoms with Crippen molar-refractivity contribution in [2.75, 3.05) is 17.8 Å². The Balaban J connectivity index is 1.26. The Morgan fingerprint density at radius 3 is 2.40 bits per heavy atom. The molecular formula is C31H40N6O4S. The van der Waals surface area contributed by atoms with Gasteiger partial charge in [-0.1, -0.05) is 57.2 Å². The van der Waals surface area contributed by atoms with E-state index in [-0.39, 0.29) is 10.6 Å². The van der Waals surface area contributed by atoms with E-state index in [1.165, 1.54) is 48.8 Å². The number of hydrogen-bond acceptors (Lipinski definition) is 7. The molecule has 0 radical (unpaired) electrons. The minimum Gasteiger partial charge on any atom is -0.387 e. The van der Waals surface area contributed by atoms with Crippen molar-refractivity contribution in [3.63, 3.8) is 0 Å². The molecular weight excluding hydrogens is 552 g/mol.